The lowest BCUT2D eigenvalue weighted by atomic mass is 10.1. The van der Waals surface area contributed by atoms with Gasteiger partial charge in [-0.1, -0.05) is 6.92 Å². The third kappa shape index (κ3) is 7.46. The maximum absolute atomic E-state index is 11.0. The molecule has 0 rings (SSSR count). The summed E-state index contributed by atoms with van der Waals surface area (Å²) in [6.07, 6.45) is 1.75. The van der Waals surface area contributed by atoms with Gasteiger partial charge in [0.2, 0.25) is 0 Å². The van der Waals surface area contributed by atoms with Crippen molar-refractivity contribution >= 4 is 17.5 Å². The fourth-order valence-corrected chi connectivity index (χ4v) is 0.937. The molecule has 0 fully saturated rings. The van der Waals surface area contributed by atoms with Crippen LogP contribution >= 0.6 is 0 Å². The number of rotatable bonds is 7. The second kappa shape index (κ2) is 7.24. The molecule has 0 saturated carbocycles. The van der Waals surface area contributed by atoms with Gasteiger partial charge in [-0.05, 0) is 6.42 Å². The molecule has 0 aliphatic carbocycles. The summed E-state index contributed by atoms with van der Waals surface area (Å²) in [7, 11) is 0. The van der Waals surface area contributed by atoms with Crippen LogP contribution in [0.2, 0.25) is 0 Å². The van der Waals surface area contributed by atoms with E-state index in [0.29, 0.717) is 6.42 Å². The molecule has 0 radical (unpaired) electrons. The minimum Gasteiger partial charge on any atom is -0.458 e. The van der Waals surface area contributed by atoms with E-state index in [4.69, 9.17) is 0 Å². The Morgan fingerprint density at radius 1 is 1.00 bits per heavy atom. The zero-order valence-electron chi connectivity index (χ0n) is 8.67. The Labute approximate surface area is 83.6 Å². The molecule has 4 nitrogen and oxygen atoms in total. The highest BCUT2D eigenvalue weighted by Gasteiger charge is 2.07. The van der Waals surface area contributed by atoms with Crippen LogP contribution in [-0.2, 0) is 19.1 Å². The molecule has 4 heteroatoms. The lowest BCUT2D eigenvalue weighted by molar-refractivity contribution is -0.145. The van der Waals surface area contributed by atoms with E-state index in [1.165, 1.54) is 6.92 Å². The summed E-state index contributed by atoms with van der Waals surface area (Å²) < 4.78 is 4.50. The number of carbonyl (C=O) groups is 3. The fourth-order valence-electron chi connectivity index (χ4n) is 0.937. The monoisotopic (exact) mass is 200 g/mol. The lowest BCUT2D eigenvalue weighted by Gasteiger charge is -2.00. The number of Topliss-reactive ketones (excluding diaryl/α,β-unsaturated/α-hetero) is 2. The number of ether oxygens (including phenoxy) is 1. The largest absolute Gasteiger partial charge is 0.458 e. The van der Waals surface area contributed by atoms with Crippen molar-refractivity contribution in [1.82, 2.24) is 0 Å². The van der Waals surface area contributed by atoms with Gasteiger partial charge in [0, 0.05) is 26.2 Å². The normalized spacial score (nSPS) is 9.57. The first-order valence-electron chi connectivity index (χ1n) is 4.73. The van der Waals surface area contributed by atoms with Crippen molar-refractivity contribution in [1.29, 1.82) is 0 Å². The molecular formula is C10H16O4. The highest BCUT2D eigenvalue weighted by atomic mass is 16.5. The average Bonchev–Trinajstić information content (AvgIpc) is 2.12. The Morgan fingerprint density at radius 3 is 2.07 bits per heavy atom. The molecule has 0 saturated heterocycles. The maximum Gasteiger partial charge on any atom is 0.303 e. The molecule has 0 amide bonds. The Morgan fingerprint density at radius 2 is 1.57 bits per heavy atom. The van der Waals surface area contributed by atoms with Crippen LogP contribution in [-0.4, -0.2) is 24.1 Å². The smallest absolute Gasteiger partial charge is 0.303 e. The average molecular weight is 200 g/mol. The van der Waals surface area contributed by atoms with E-state index in [-0.39, 0.29) is 31.0 Å². The number of hydrogen-bond acceptors (Lipinski definition) is 4. The molecular weight excluding hydrogens is 184 g/mol. The highest BCUT2D eigenvalue weighted by molar-refractivity contribution is 5.87. The maximum atomic E-state index is 11.0. The van der Waals surface area contributed by atoms with Gasteiger partial charge in [0.25, 0.3) is 0 Å². The van der Waals surface area contributed by atoms with Gasteiger partial charge in [0.05, 0.1) is 0 Å². The van der Waals surface area contributed by atoms with Gasteiger partial charge in [-0.3, -0.25) is 14.4 Å². The number of hydrogen-bond donors (Lipinski definition) is 0. The first kappa shape index (κ1) is 12.8. The molecule has 0 aromatic heterocycles. The Kier molecular flexibility index (Phi) is 6.62. The summed E-state index contributed by atoms with van der Waals surface area (Å²) in [6, 6.07) is 0. The van der Waals surface area contributed by atoms with Crippen molar-refractivity contribution in [2.45, 2.75) is 39.5 Å². The van der Waals surface area contributed by atoms with Crippen molar-refractivity contribution in [3.63, 3.8) is 0 Å². The van der Waals surface area contributed by atoms with Crippen LogP contribution < -0.4 is 0 Å². The number of carbonyl (C=O) groups excluding carboxylic acids is 3. The SMILES string of the molecule is CCCC(=O)CCC(=O)COC(C)=O. The van der Waals surface area contributed by atoms with Crippen LogP contribution in [0.25, 0.3) is 0 Å². The first-order valence-corrected chi connectivity index (χ1v) is 4.73. The summed E-state index contributed by atoms with van der Waals surface area (Å²) in [5, 5.41) is 0. The van der Waals surface area contributed by atoms with Crippen molar-refractivity contribution in [2.75, 3.05) is 6.61 Å². The van der Waals surface area contributed by atoms with Crippen LogP contribution in [0, 0.1) is 0 Å². The lowest BCUT2D eigenvalue weighted by Crippen LogP contribution is -2.12. The van der Waals surface area contributed by atoms with E-state index >= 15 is 0 Å². The van der Waals surface area contributed by atoms with E-state index in [0.717, 1.165) is 6.42 Å². The van der Waals surface area contributed by atoms with Crippen molar-refractivity contribution in [2.24, 2.45) is 0 Å². The van der Waals surface area contributed by atoms with Crippen LogP contribution in [0.15, 0.2) is 0 Å². The number of esters is 1. The van der Waals surface area contributed by atoms with Crippen molar-refractivity contribution in [3.8, 4) is 0 Å². The summed E-state index contributed by atoms with van der Waals surface area (Å²) in [5.74, 6) is -0.591. The Bertz CT molecular complexity index is 220. The summed E-state index contributed by atoms with van der Waals surface area (Å²) >= 11 is 0. The molecule has 0 aliphatic rings. The van der Waals surface area contributed by atoms with Crippen LogP contribution in [0.5, 0.6) is 0 Å². The fraction of sp³-hybridized carbons (Fsp3) is 0.700. The van der Waals surface area contributed by atoms with Gasteiger partial charge in [-0.25, -0.2) is 0 Å². The zero-order valence-corrected chi connectivity index (χ0v) is 8.67. The zero-order chi connectivity index (χ0) is 11.0. The third-order valence-electron chi connectivity index (χ3n) is 1.65. The van der Waals surface area contributed by atoms with Gasteiger partial charge >= 0.3 is 5.97 Å². The first-order chi connectivity index (χ1) is 6.56. The molecule has 0 N–H and O–H groups in total. The molecule has 0 heterocycles. The van der Waals surface area contributed by atoms with Crippen LogP contribution in [0.1, 0.15) is 39.5 Å². The second-order valence-corrected chi connectivity index (χ2v) is 3.11. The summed E-state index contributed by atoms with van der Waals surface area (Å²) in [6.45, 7) is 2.95. The quantitative estimate of drug-likeness (QED) is 0.580. The predicted octanol–water partition coefficient (Wildman–Crippen LogP) is 1.27. The third-order valence-corrected chi connectivity index (χ3v) is 1.65. The number of ketones is 2. The van der Waals surface area contributed by atoms with E-state index in [9.17, 15) is 14.4 Å². The molecule has 0 unspecified atom stereocenters. The minimum absolute atomic E-state index is 0.0867. The molecule has 0 atom stereocenters. The van der Waals surface area contributed by atoms with Gasteiger partial charge in [0.1, 0.15) is 12.4 Å². The van der Waals surface area contributed by atoms with E-state index in [2.05, 4.69) is 4.74 Å². The standard InChI is InChI=1S/C10H16O4/c1-3-4-9(12)5-6-10(13)7-14-8(2)11/h3-7H2,1-2H3. The van der Waals surface area contributed by atoms with Gasteiger partial charge in [-0.15, -0.1) is 0 Å². The van der Waals surface area contributed by atoms with E-state index < -0.39 is 5.97 Å². The molecule has 0 bridgehead atoms. The van der Waals surface area contributed by atoms with Crippen LogP contribution in [0.3, 0.4) is 0 Å². The Balaban J connectivity index is 3.53. The summed E-state index contributed by atoms with van der Waals surface area (Å²) in [4.78, 5) is 32.4. The van der Waals surface area contributed by atoms with Gasteiger partial charge in [-0.2, -0.15) is 0 Å². The molecule has 14 heavy (non-hydrogen) atoms. The summed E-state index contributed by atoms with van der Waals surface area (Å²) in [5.41, 5.74) is 0. The highest BCUT2D eigenvalue weighted by Crippen LogP contribution is 1.99. The molecule has 0 aromatic carbocycles. The predicted molar refractivity (Wildman–Crippen MR) is 50.8 cm³/mol. The molecule has 0 aromatic rings. The van der Waals surface area contributed by atoms with Crippen LogP contribution in [0.4, 0.5) is 0 Å². The topological polar surface area (TPSA) is 60.4 Å². The Hall–Kier alpha value is -1.19. The molecule has 0 spiro atoms. The molecule has 80 valence electrons. The second-order valence-electron chi connectivity index (χ2n) is 3.11. The van der Waals surface area contributed by atoms with Gasteiger partial charge < -0.3 is 4.74 Å². The van der Waals surface area contributed by atoms with Gasteiger partial charge in [0.15, 0.2) is 5.78 Å². The van der Waals surface area contributed by atoms with Crippen molar-refractivity contribution < 1.29 is 19.1 Å². The van der Waals surface area contributed by atoms with Crippen molar-refractivity contribution in [3.05, 3.63) is 0 Å². The minimum atomic E-state index is -0.474. The molecule has 0 aliphatic heterocycles. The van der Waals surface area contributed by atoms with E-state index in [1.807, 2.05) is 6.92 Å². The van der Waals surface area contributed by atoms with E-state index in [1.54, 1.807) is 0 Å².